The number of ether oxygens (including phenoxy) is 2. The Kier molecular flexibility index (Phi) is 4.40. The predicted octanol–water partition coefficient (Wildman–Crippen LogP) is 1.47. The average Bonchev–Trinajstić information content (AvgIpc) is 2.61. The molecule has 1 aromatic carbocycles. The number of nitrogens with one attached hydrogen (secondary N) is 1. The topological polar surface area (TPSA) is 101 Å². The van der Waals surface area contributed by atoms with Crippen molar-refractivity contribution < 1.29 is 14.3 Å². The van der Waals surface area contributed by atoms with E-state index in [-0.39, 0.29) is 12.1 Å². The van der Waals surface area contributed by atoms with Gasteiger partial charge >= 0.3 is 5.97 Å². The normalized spacial score (nSPS) is 13.0. The number of carbonyl (C=O) groups is 1. The molecular formula is C17H16N4O3. The second-order valence-corrected chi connectivity index (χ2v) is 5.25. The highest BCUT2D eigenvalue weighted by Crippen LogP contribution is 2.17. The van der Waals surface area contributed by atoms with Crippen LogP contribution in [0.15, 0.2) is 24.3 Å². The van der Waals surface area contributed by atoms with E-state index in [0.717, 1.165) is 5.56 Å². The standard InChI is InChI=1S/C17H16N4O3/c1-2-24-17(22)11-4-3-5-12(8-11)21-16(19)14(9-18)13-6-7-23-10-15(13)20-21/h3-5,8,19H,2,6-7,10H2,1H3. The van der Waals surface area contributed by atoms with Gasteiger partial charge in [-0.15, -0.1) is 0 Å². The van der Waals surface area contributed by atoms with Crippen molar-refractivity contribution in [1.82, 2.24) is 9.78 Å². The fourth-order valence-corrected chi connectivity index (χ4v) is 2.64. The number of aromatic nitrogens is 2. The average molecular weight is 324 g/mol. The fourth-order valence-electron chi connectivity index (χ4n) is 2.64. The Morgan fingerprint density at radius 2 is 2.38 bits per heavy atom. The van der Waals surface area contributed by atoms with Gasteiger partial charge in [-0.05, 0) is 31.5 Å². The second-order valence-electron chi connectivity index (χ2n) is 5.25. The first-order valence-electron chi connectivity index (χ1n) is 7.60. The Morgan fingerprint density at radius 1 is 1.54 bits per heavy atom. The molecule has 1 aliphatic rings. The highest BCUT2D eigenvalue weighted by atomic mass is 16.5. The lowest BCUT2D eigenvalue weighted by Gasteiger charge is -2.19. The molecule has 7 heteroatoms. The van der Waals surface area contributed by atoms with Crippen LogP contribution in [0, 0.1) is 16.7 Å². The molecule has 0 bridgehead atoms. The van der Waals surface area contributed by atoms with Crippen LogP contribution in [0.25, 0.3) is 5.69 Å². The molecule has 0 fully saturated rings. The van der Waals surface area contributed by atoms with Crippen molar-refractivity contribution in [2.24, 2.45) is 0 Å². The van der Waals surface area contributed by atoms with Gasteiger partial charge < -0.3 is 9.47 Å². The van der Waals surface area contributed by atoms with Gasteiger partial charge in [-0.1, -0.05) is 6.07 Å². The third-order valence-corrected chi connectivity index (χ3v) is 3.77. The number of rotatable bonds is 3. The number of fused-ring (bicyclic) bond motifs is 1. The minimum absolute atomic E-state index is 0.000779. The Labute approximate surface area is 138 Å². The van der Waals surface area contributed by atoms with Crippen LogP contribution in [0.5, 0.6) is 0 Å². The van der Waals surface area contributed by atoms with Crippen LogP contribution >= 0.6 is 0 Å². The third-order valence-electron chi connectivity index (χ3n) is 3.77. The molecule has 3 rings (SSSR count). The molecule has 24 heavy (non-hydrogen) atoms. The summed E-state index contributed by atoms with van der Waals surface area (Å²) in [4.78, 5) is 11.9. The van der Waals surface area contributed by atoms with Crippen molar-refractivity contribution in [1.29, 1.82) is 10.7 Å². The number of nitriles is 1. The molecule has 0 atom stereocenters. The predicted molar refractivity (Wildman–Crippen MR) is 83.5 cm³/mol. The van der Waals surface area contributed by atoms with Crippen molar-refractivity contribution >= 4 is 5.97 Å². The summed E-state index contributed by atoms with van der Waals surface area (Å²) in [6.07, 6.45) is 0.570. The molecule has 7 nitrogen and oxygen atoms in total. The van der Waals surface area contributed by atoms with Gasteiger partial charge in [0.25, 0.3) is 0 Å². The zero-order valence-electron chi connectivity index (χ0n) is 13.2. The van der Waals surface area contributed by atoms with Crippen LogP contribution in [0.3, 0.4) is 0 Å². The molecule has 0 radical (unpaired) electrons. The van der Waals surface area contributed by atoms with E-state index in [0.29, 0.717) is 42.1 Å². The lowest BCUT2D eigenvalue weighted by atomic mass is 10.0. The molecule has 1 aromatic heterocycles. The van der Waals surface area contributed by atoms with Gasteiger partial charge in [-0.25, -0.2) is 9.48 Å². The van der Waals surface area contributed by atoms with Crippen LogP contribution in [0.2, 0.25) is 0 Å². The highest BCUT2D eigenvalue weighted by molar-refractivity contribution is 5.90. The maximum Gasteiger partial charge on any atom is 0.338 e. The summed E-state index contributed by atoms with van der Waals surface area (Å²) < 4.78 is 11.8. The van der Waals surface area contributed by atoms with E-state index in [2.05, 4.69) is 11.2 Å². The molecule has 1 aliphatic heterocycles. The number of nitrogens with zero attached hydrogens (tertiary/aromatic N) is 3. The molecule has 0 saturated carbocycles. The summed E-state index contributed by atoms with van der Waals surface area (Å²) in [5.74, 6) is -0.437. The number of hydrogen-bond donors (Lipinski definition) is 1. The maximum absolute atomic E-state index is 11.9. The van der Waals surface area contributed by atoms with E-state index in [1.807, 2.05) is 0 Å². The number of esters is 1. The molecule has 1 N–H and O–H groups in total. The molecule has 0 amide bonds. The van der Waals surface area contributed by atoms with E-state index < -0.39 is 5.97 Å². The molecule has 0 aliphatic carbocycles. The lowest BCUT2D eigenvalue weighted by molar-refractivity contribution is 0.0526. The van der Waals surface area contributed by atoms with E-state index in [4.69, 9.17) is 14.9 Å². The first-order chi connectivity index (χ1) is 11.7. The quantitative estimate of drug-likeness (QED) is 0.862. The first-order valence-corrected chi connectivity index (χ1v) is 7.60. The van der Waals surface area contributed by atoms with Crippen LogP contribution in [-0.4, -0.2) is 29.0 Å². The lowest BCUT2D eigenvalue weighted by Crippen LogP contribution is -2.30. The molecular weight excluding hydrogens is 308 g/mol. The summed E-state index contributed by atoms with van der Waals surface area (Å²) in [6.45, 7) is 2.85. The van der Waals surface area contributed by atoms with E-state index in [1.54, 1.807) is 31.2 Å². The molecule has 122 valence electrons. The zero-order chi connectivity index (χ0) is 17.1. The van der Waals surface area contributed by atoms with E-state index in [9.17, 15) is 10.1 Å². The van der Waals surface area contributed by atoms with Crippen LogP contribution in [-0.2, 0) is 22.5 Å². The van der Waals surface area contributed by atoms with Crippen molar-refractivity contribution in [3.05, 3.63) is 52.1 Å². The number of benzene rings is 1. The van der Waals surface area contributed by atoms with Gasteiger partial charge in [0.15, 0.2) is 5.49 Å². The Hall–Kier alpha value is -2.98. The largest absolute Gasteiger partial charge is 0.462 e. The molecule has 0 unspecified atom stereocenters. The third kappa shape index (κ3) is 2.79. The summed E-state index contributed by atoms with van der Waals surface area (Å²) in [7, 11) is 0. The molecule has 2 aromatic rings. The number of carbonyl (C=O) groups excluding carboxylic acids is 1. The second kappa shape index (κ2) is 6.64. The van der Waals surface area contributed by atoms with Crippen LogP contribution in [0.4, 0.5) is 0 Å². The first kappa shape index (κ1) is 15.9. The van der Waals surface area contributed by atoms with Gasteiger partial charge in [0.1, 0.15) is 11.6 Å². The smallest absolute Gasteiger partial charge is 0.338 e. The summed E-state index contributed by atoms with van der Waals surface area (Å²) in [5, 5.41) is 22.2. The molecule has 2 heterocycles. The van der Waals surface area contributed by atoms with Crippen molar-refractivity contribution in [3.8, 4) is 11.8 Å². The molecule has 0 saturated heterocycles. The van der Waals surface area contributed by atoms with Crippen molar-refractivity contribution in [2.45, 2.75) is 20.0 Å². The maximum atomic E-state index is 11.9. The van der Waals surface area contributed by atoms with Gasteiger partial charge in [-0.3, -0.25) is 5.41 Å². The van der Waals surface area contributed by atoms with Crippen molar-refractivity contribution in [3.63, 3.8) is 0 Å². The van der Waals surface area contributed by atoms with Gasteiger partial charge in [0.2, 0.25) is 0 Å². The van der Waals surface area contributed by atoms with E-state index in [1.165, 1.54) is 4.68 Å². The fraction of sp³-hybridized carbons (Fsp3) is 0.294. The Bertz CT molecular complexity index is 896. The Morgan fingerprint density at radius 3 is 3.12 bits per heavy atom. The van der Waals surface area contributed by atoms with Crippen LogP contribution < -0.4 is 5.49 Å². The summed E-state index contributed by atoms with van der Waals surface area (Å²) >= 11 is 0. The summed E-state index contributed by atoms with van der Waals surface area (Å²) in [6, 6.07) is 8.75. The highest BCUT2D eigenvalue weighted by Gasteiger charge is 2.20. The number of hydrogen-bond acceptors (Lipinski definition) is 6. The minimum Gasteiger partial charge on any atom is -0.462 e. The Balaban J connectivity index is 2.14. The van der Waals surface area contributed by atoms with Gasteiger partial charge in [-0.2, -0.15) is 10.4 Å². The monoisotopic (exact) mass is 324 g/mol. The van der Waals surface area contributed by atoms with Gasteiger partial charge in [0.05, 0.1) is 36.8 Å². The van der Waals surface area contributed by atoms with Crippen molar-refractivity contribution in [2.75, 3.05) is 13.2 Å². The summed E-state index contributed by atoms with van der Waals surface area (Å²) in [5.41, 5.74) is 2.61. The molecule has 0 spiro atoms. The van der Waals surface area contributed by atoms with Crippen LogP contribution in [0.1, 0.15) is 34.1 Å². The van der Waals surface area contributed by atoms with E-state index >= 15 is 0 Å². The van der Waals surface area contributed by atoms with Gasteiger partial charge in [0, 0.05) is 5.56 Å². The minimum atomic E-state index is -0.437. The zero-order valence-corrected chi connectivity index (χ0v) is 13.2. The SMILES string of the molecule is CCOC(=O)c1cccc(-n2nc3c(c(C#N)c2=N)CCOC3)c1.